The zero-order valence-corrected chi connectivity index (χ0v) is 17.0. The Labute approximate surface area is 173 Å². The van der Waals surface area contributed by atoms with E-state index < -0.39 is 0 Å². The third-order valence-electron chi connectivity index (χ3n) is 6.16. The van der Waals surface area contributed by atoms with E-state index >= 15 is 0 Å². The molecule has 7 heteroatoms. The molecule has 0 radical (unpaired) electrons. The number of hydrogen-bond donors (Lipinski definition) is 1. The van der Waals surface area contributed by atoms with Crippen molar-refractivity contribution >= 4 is 27.5 Å². The number of carbonyl (C=O) groups is 1. The van der Waals surface area contributed by atoms with Crippen molar-refractivity contribution in [3.63, 3.8) is 0 Å². The molecule has 1 N–H and O–H groups in total. The molecule has 0 aliphatic carbocycles. The van der Waals surface area contributed by atoms with Crippen LogP contribution < -0.4 is 4.74 Å². The number of ether oxygens (including phenoxy) is 1. The molecular weight excluding hydrogens is 386 g/mol. The average molecular weight is 411 g/mol. The number of rotatable bonds is 6. The zero-order chi connectivity index (χ0) is 19.8. The average Bonchev–Trinajstić information content (AvgIpc) is 3.45. The number of fused-ring (bicyclic) bond motifs is 3. The topological polar surface area (TPSA) is 62.7 Å². The molecule has 150 valence electrons. The summed E-state index contributed by atoms with van der Waals surface area (Å²) in [5.74, 6) is 0.660. The Hall–Kier alpha value is -2.48. The van der Waals surface area contributed by atoms with Crippen LogP contribution in [-0.2, 0) is 11.2 Å². The maximum atomic E-state index is 11.9. The number of aliphatic hydroxyl groups excluding tert-OH is 1. The molecule has 2 aliphatic heterocycles. The van der Waals surface area contributed by atoms with Gasteiger partial charge >= 0.3 is 0 Å². The van der Waals surface area contributed by atoms with Gasteiger partial charge in [0.05, 0.1) is 29.3 Å². The van der Waals surface area contributed by atoms with Crippen LogP contribution in [-0.4, -0.2) is 64.3 Å². The summed E-state index contributed by atoms with van der Waals surface area (Å²) in [5, 5.41) is 9.83. The van der Waals surface area contributed by atoms with E-state index in [2.05, 4.69) is 17.1 Å². The molecule has 2 aromatic carbocycles. The fourth-order valence-electron chi connectivity index (χ4n) is 4.61. The SMILES string of the molecule is O=C(CO)N1C[N@@+]2(CCc3ccc(Oc4nc5ccccc5s4)cc3)CC[C@H]1C2. The van der Waals surface area contributed by atoms with Crippen LogP contribution in [0.4, 0.5) is 0 Å². The van der Waals surface area contributed by atoms with Crippen molar-refractivity contribution in [1.29, 1.82) is 0 Å². The minimum atomic E-state index is -0.382. The van der Waals surface area contributed by atoms with Crippen molar-refractivity contribution in [1.82, 2.24) is 9.88 Å². The molecule has 0 unspecified atom stereocenters. The lowest BCUT2D eigenvalue weighted by atomic mass is 10.1. The Morgan fingerprint density at radius 3 is 2.86 bits per heavy atom. The van der Waals surface area contributed by atoms with Crippen molar-refractivity contribution in [3.05, 3.63) is 54.1 Å². The van der Waals surface area contributed by atoms with Crippen LogP contribution in [0.3, 0.4) is 0 Å². The molecule has 3 heterocycles. The summed E-state index contributed by atoms with van der Waals surface area (Å²) >= 11 is 1.55. The van der Waals surface area contributed by atoms with Gasteiger partial charge in [0, 0.05) is 12.8 Å². The van der Waals surface area contributed by atoms with Crippen molar-refractivity contribution in [2.45, 2.75) is 18.9 Å². The predicted octanol–water partition coefficient (Wildman–Crippen LogP) is 3.01. The number of aliphatic hydroxyl groups is 1. The molecule has 5 rings (SSSR count). The molecule has 2 fully saturated rings. The predicted molar refractivity (Wildman–Crippen MR) is 112 cm³/mol. The van der Waals surface area contributed by atoms with Crippen LogP contribution in [0.2, 0.25) is 0 Å². The van der Waals surface area contributed by atoms with Gasteiger partial charge < -0.3 is 14.3 Å². The molecule has 29 heavy (non-hydrogen) atoms. The first-order chi connectivity index (χ1) is 14.1. The molecule has 6 nitrogen and oxygen atoms in total. The second kappa shape index (κ2) is 7.40. The highest BCUT2D eigenvalue weighted by atomic mass is 32.1. The molecule has 2 atom stereocenters. The van der Waals surface area contributed by atoms with Gasteiger partial charge in [0.2, 0.25) is 0 Å². The minimum Gasteiger partial charge on any atom is -0.431 e. The zero-order valence-electron chi connectivity index (χ0n) is 16.2. The van der Waals surface area contributed by atoms with E-state index in [-0.39, 0.29) is 12.5 Å². The van der Waals surface area contributed by atoms with Crippen LogP contribution in [0.5, 0.6) is 10.9 Å². The van der Waals surface area contributed by atoms with Gasteiger partial charge in [-0.25, -0.2) is 4.98 Å². The molecule has 1 aromatic heterocycles. The lowest BCUT2D eigenvalue weighted by Gasteiger charge is -2.34. The number of benzene rings is 2. The standard InChI is InChI=1S/C22H24N3O3S/c26-14-21(27)24-15-25(12-10-17(24)13-25)11-9-16-5-7-18(8-6-16)28-22-23-19-3-1-2-4-20(19)29-22/h1-8,17,26H,9-15H2/q+1/t17-,25-/m0/s1. The van der Waals surface area contributed by atoms with Crippen LogP contribution in [0.1, 0.15) is 12.0 Å². The molecule has 1 amide bonds. The van der Waals surface area contributed by atoms with Crippen LogP contribution >= 0.6 is 11.3 Å². The van der Waals surface area contributed by atoms with Gasteiger partial charge in [-0.2, -0.15) is 0 Å². The van der Waals surface area contributed by atoms with Crippen LogP contribution in [0, 0.1) is 0 Å². The first kappa shape index (κ1) is 18.5. The number of para-hydroxylation sites is 1. The highest BCUT2D eigenvalue weighted by Gasteiger charge is 2.50. The van der Waals surface area contributed by atoms with Gasteiger partial charge in [-0.3, -0.25) is 9.69 Å². The van der Waals surface area contributed by atoms with Crippen molar-refractivity contribution in [2.75, 3.05) is 32.9 Å². The molecular formula is C22H24N3O3S+. The number of aromatic nitrogens is 1. The van der Waals surface area contributed by atoms with Gasteiger partial charge in [-0.1, -0.05) is 35.6 Å². The number of quaternary nitrogens is 1. The van der Waals surface area contributed by atoms with Crippen LogP contribution in [0.25, 0.3) is 10.2 Å². The fraction of sp³-hybridized carbons (Fsp3) is 0.364. The summed E-state index contributed by atoms with van der Waals surface area (Å²) in [7, 11) is 0. The Balaban J connectivity index is 1.20. The number of nitrogens with zero attached hydrogens (tertiary/aromatic N) is 3. The highest BCUT2D eigenvalue weighted by Crippen LogP contribution is 2.33. The van der Waals surface area contributed by atoms with Crippen molar-refractivity contribution in [2.24, 2.45) is 0 Å². The Morgan fingerprint density at radius 1 is 1.24 bits per heavy atom. The van der Waals surface area contributed by atoms with E-state index in [1.807, 2.05) is 41.3 Å². The Kier molecular flexibility index (Phi) is 4.73. The molecule has 0 saturated carbocycles. The van der Waals surface area contributed by atoms with Gasteiger partial charge in [0.25, 0.3) is 11.1 Å². The third kappa shape index (κ3) is 3.61. The van der Waals surface area contributed by atoms with Gasteiger partial charge in [0.1, 0.15) is 18.9 Å². The number of carbonyl (C=O) groups excluding carboxylic acids is 1. The first-order valence-corrected chi connectivity index (χ1v) is 10.8. The van der Waals surface area contributed by atoms with E-state index in [1.54, 1.807) is 11.3 Å². The molecule has 2 bridgehead atoms. The molecule has 3 aromatic rings. The van der Waals surface area contributed by atoms with Gasteiger partial charge in [-0.15, -0.1) is 0 Å². The lowest BCUT2D eigenvalue weighted by Crippen LogP contribution is -2.51. The smallest absolute Gasteiger partial charge is 0.279 e. The van der Waals surface area contributed by atoms with E-state index in [1.165, 1.54) is 5.56 Å². The fourth-order valence-corrected chi connectivity index (χ4v) is 5.44. The number of amides is 1. The summed E-state index contributed by atoms with van der Waals surface area (Å²) in [6.07, 6.45) is 2.01. The lowest BCUT2D eigenvalue weighted by molar-refractivity contribution is -0.913. The largest absolute Gasteiger partial charge is 0.431 e. The monoisotopic (exact) mass is 410 g/mol. The van der Waals surface area contributed by atoms with Gasteiger partial charge in [0.15, 0.2) is 6.67 Å². The number of thiazole rings is 1. The maximum absolute atomic E-state index is 11.9. The van der Waals surface area contributed by atoms with Gasteiger partial charge in [-0.05, 0) is 29.8 Å². The Morgan fingerprint density at radius 2 is 2.07 bits per heavy atom. The summed E-state index contributed by atoms with van der Waals surface area (Å²) in [6, 6.07) is 16.6. The normalized spacial score (nSPS) is 23.1. The molecule has 2 aliphatic rings. The summed E-state index contributed by atoms with van der Waals surface area (Å²) < 4.78 is 8.01. The number of hydrogen-bond acceptors (Lipinski definition) is 5. The maximum Gasteiger partial charge on any atom is 0.279 e. The third-order valence-corrected chi connectivity index (χ3v) is 7.08. The second-order valence-corrected chi connectivity index (χ2v) is 9.01. The van der Waals surface area contributed by atoms with E-state index in [0.717, 1.165) is 59.6 Å². The van der Waals surface area contributed by atoms with E-state index in [4.69, 9.17) is 4.74 Å². The molecule has 2 saturated heterocycles. The second-order valence-electron chi connectivity index (χ2n) is 8.02. The summed E-state index contributed by atoms with van der Waals surface area (Å²) in [6.45, 7) is 3.52. The first-order valence-electron chi connectivity index (χ1n) is 10.0. The molecule has 0 spiro atoms. The minimum absolute atomic E-state index is 0.133. The summed E-state index contributed by atoms with van der Waals surface area (Å²) in [5.41, 5.74) is 2.23. The van der Waals surface area contributed by atoms with Crippen LogP contribution in [0.15, 0.2) is 48.5 Å². The Bertz CT molecular complexity index is 1000. The van der Waals surface area contributed by atoms with E-state index in [0.29, 0.717) is 11.2 Å². The quantitative estimate of drug-likeness (QED) is 0.635. The van der Waals surface area contributed by atoms with E-state index in [9.17, 15) is 9.90 Å². The van der Waals surface area contributed by atoms with Crippen molar-refractivity contribution < 1.29 is 19.1 Å². The highest BCUT2D eigenvalue weighted by molar-refractivity contribution is 7.20. The summed E-state index contributed by atoms with van der Waals surface area (Å²) in [4.78, 5) is 18.3. The van der Waals surface area contributed by atoms with Crippen molar-refractivity contribution in [3.8, 4) is 10.9 Å².